The molecule has 108 valence electrons. The molecule has 0 aromatic heterocycles. The Kier molecular flexibility index (Phi) is 4.95. The standard InChI is InChI=1S/C16H12ClFO3/c1-20-14-4-2-3-5-15(14)21-16(19)9-7-11-6-8-13(18)12(17)10-11/h2-10H,1H3/b9-7+. The number of benzene rings is 2. The second-order valence-electron chi connectivity index (χ2n) is 4.08. The van der Waals surface area contributed by atoms with E-state index in [4.69, 9.17) is 21.1 Å². The molecule has 0 saturated heterocycles. The molecule has 0 heterocycles. The van der Waals surface area contributed by atoms with E-state index < -0.39 is 11.8 Å². The molecule has 3 nitrogen and oxygen atoms in total. The van der Waals surface area contributed by atoms with E-state index in [1.54, 1.807) is 24.3 Å². The monoisotopic (exact) mass is 306 g/mol. The largest absolute Gasteiger partial charge is 0.493 e. The van der Waals surface area contributed by atoms with E-state index in [1.165, 1.54) is 37.5 Å². The fourth-order valence-electron chi connectivity index (χ4n) is 1.63. The first-order valence-electron chi connectivity index (χ1n) is 6.08. The van der Waals surface area contributed by atoms with Gasteiger partial charge in [0.2, 0.25) is 0 Å². The highest BCUT2D eigenvalue weighted by Crippen LogP contribution is 2.26. The van der Waals surface area contributed by atoms with E-state index in [1.807, 2.05) is 0 Å². The van der Waals surface area contributed by atoms with Gasteiger partial charge in [0.1, 0.15) is 5.82 Å². The number of methoxy groups -OCH3 is 1. The quantitative estimate of drug-likeness (QED) is 0.484. The molecule has 0 aliphatic heterocycles. The van der Waals surface area contributed by atoms with Crippen LogP contribution in [0.3, 0.4) is 0 Å². The molecule has 21 heavy (non-hydrogen) atoms. The SMILES string of the molecule is COc1ccccc1OC(=O)/C=C/c1ccc(F)c(Cl)c1. The van der Waals surface area contributed by atoms with Crippen LogP contribution < -0.4 is 9.47 Å². The normalized spacial score (nSPS) is 10.6. The summed E-state index contributed by atoms with van der Waals surface area (Å²) < 4.78 is 23.2. The van der Waals surface area contributed by atoms with Gasteiger partial charge in [-0.05, 0) is 35.9 Å². The average Bonchev–Trinajstić information content (AvgIpc) is 2.49. The van der Waals surface area contributed by atoms with Crippen molar-refractivity contribution in [3.63, 3.8) is 0 Å². The number of hydrogen-bond donors (Lipinski definition) is 0. The van der Waals surface area contributed by atoms with Crippen molar-refractivity contribution in [1.29, 1.82) is 0 Å². The highest BCUT2D eigenvalue weighted by Gasteiger charge is 2.06. The Morgan fingerprint density at radius 2 is 1.90 bits per heavy atom. The van der Waals surface area contributed by atoms with Crippen LogP contribution in [-0.2, 0) is 4.79 Å². The van der Waals surface area contributed by atoms with Gasteiger partial charge < -0.3 is 9.47 Å². The molecule has 2 rings (SSSR count). The van der Waals surface area contributed by atoms with Gasteiger partial charge >= 0.3 is 5.97 Å². The molecule has 0 aliphatic carbocycles. The minimum atomic E-state index is -0.569. The van der Waals surface area contributed by atoms with E-state index in [-0.39, 0.29) is 5.02 Å². The molecule has 2 aromatic carbocycles. The van der Waals surface area contributed by atoms with Crippen molar-refractivity contribution in [3.8, 4) is 11.5 Å². The van der Waals surface area contributed by atoms with Gasteiger partial charge in [0.05, 0.1) is 12.1 Å². The summed E-state index contributed by atoms with van der Waals surface area (Å²) in [5, 5.41) is -0.00440. The molecule has 0 aliphatic rings. The number of carbonyl (C=O) groups excluding carboxylic acids is 1. The molecule has 0 unspecified atom stereocenters. The minimum absolute atomic E-state index is 0.00440. The lowest BCUT2D eigenvalue weighted by Gasteiger charge is -2.06. The van der Waals surface area contributed by atoms with Gasteiger partial charge in [-0.3, -0.25) is 0 Å². The van der Waals surface area contributed by atoms with Gasteiger partial charge in [-0.25, -0.2) is 9.18 Å². The third-order valence-electron chi connectivity index (χ3n) is 2.64. The number of carbonyl (C=O) groups is 1. The maximum atomic E-state index is 13.0. The molecule has 0 atom stereocenters. The number of hydrogen-bond acceptors (Lipinski definition) is 3. The first kappa shape index (κ1) is 15.1. The van der Waals surface area contributed by atoms with Gasteiger partial charge in [-0.1, -0.05) is 29.8 Å². The molecule has 2 aromatic rings. The molecule has 0 amide bonds. The number of rotatable bonds is 4. The second-order valence-corrected chi connectivity index (χ2v) is 4.49. The lowest BCUT2D eigenvalue weighted by Crippen LogP contribution is -2.04. The van der Waals surface area contributed by atoms with Crippen molar-refractivity contribution in [2.24, 2.45) is 0 Å². The Bertz CT molecular complexity index is 683. The zero-order chi connectivity index (χ0) is 15.2. The number of halogens is 2. The van der Waals surface area contributed by atoms with Crippen LogP contribution in [0.1, 0.15) is 5.56 Å². The van der Waals surface area contributed by atoms with Gasteiger partial charge in [0, 0.05) is 6.08 Å². The third-order valence-corrected chi connectivity index (χ3v) is 2.92. The van der Waals surface area contributed by atoms with Crippen LogP contribution in [0.2, 0.25) is 5.02 Å². The molecule has 0 bridgehead atoms. The van der Waals surface area contributed by atoms with Crippen molar-refractivity contribution >= 4 is 23.6 Å². The zero-order valence-electron chi connectivity index (χ0n) is 11.2. The topological polar surface area (TPSA) is 35.5 Å². The molecule has 0 spiro atoms. The Labute approximate surface area is 126 Å². The molecular formula is C16H12ClFO3. The lowest BCUT2D eigenvalue weighted by molar-refractivity contribution is -0.129. The Morgan fingerprint density at radius 3 is 2.57 bits per heavy atom. The van der Waals surface area contributed by atoms with Gasteiger partial charge in [-0.15, -0.1) is 0 Å². The Balaban J connectivity index is 2.07. The fourth-order valence-corrected chi connectivity index (χ4v) is 1.81. The summed E-state index contributed by atoms with van der Waals surface area (Å²) in [7, 11) is 1.49. The van der Waals surface area contributed by atoms with Crippen LogP contribution in [0.15, 0.2) is 48.5 Å². The summed E-state index contributed by atoms with van der Waals surface area (Å²) in [4.78, 5) is 11.7. The summed E-state index contributed by atoms with van der Waals surface area (Å²) in [5.74, 6) is -0.291. The Hall–Kier alpha value is -2.33. The van der Waals surface area contributed by atoms with E-state index in [0.29, 0.717) is 17.1 Å². The highest BCUT2D eigenvalue weighted by atomic mass is 35.5. The number of ether oxygens (including phenoxy) is 2. The molecule has 0 saturated carbocycles. The maximum Gasteiger partial charge on any atom is 0.336 e. The van der Waals surface area contributed by atoms with E-state index >= 15 is 0 Å². The Morgan fingerprint density at radius 1 is 1.19 bits per heavy atom. The molecule has 0 radical (unpaired) electrons. The number of para-hydroxylation sites is 2. The van der Waals surface area contributed by atoms with Crippen LogP contribution in [0, 0.1) is 5.82 Å². The first-order valence-corrected chi connectivity index (χ1v) is 6.46. The van der Waals surface area contributed by atoms with Crippen LogP contribution in [0.5, 0.6) is 11.5 Å². The van der Waals surface area contributed by atoms with Crippen LogP contribution >= 0.6 is 11.6 Å². The van der Waals surface area contributed by atoms with Gasteiger partial charge in [-0.2, -0.15) is 0 Å². The smallest absolute Gasteiger partial charge is 0.336 e. The van der Waals surface area contributed by atoms with Crippen LogP contribution in [-0.4, -0.2) is 13.1 Å². The van der Waals surface area contributed by atoms with Crippen molar-refractivity contribution in [3.05, 3.63) is 64.9 Å². The molecule has 0 N–H and O–H groups in total. The maximum absolute atomic E-state index is 13.0. The van der Waals surface area contributed by atoms with Gasteiger partial charge in [0.15, 0.2) is 11.5 Å². The molecule has 0 fully saturated rings. The second kappa shape index (κ2) is 6.90. The van der Waals surface area contributed by atoms with Gasteiger partial charge in [0.25, 0.3) is 0 Å². The molecular weight excluding hydrogens is 295 g/mol. The molecule has 5 heteroatoms. The van der Waals surface area contributed by atoms with Crippen molar-refractivity contribution < 1.29 is 18.7 Å². The summed E-state index contributed by atoms with van der Waals surface area (Å²) >= 11 is 5.66. The van der Waals surface area contributed by atoms with E-state index in [0.717, 1.165) is 0 Å². The third kappa shape index (κ3) is 4.07. The summed E-state index contributed by atoms with van der Waals surface area (Å²) in [5.41, 5.74) is 0.596. The van der Waals surface area contributed by atoms with Crippen LogP contribution in [0.25, 0.3) is 6.08 Å². The predicted octanol–water partition coefficient (Wildman–Crippen LogP) is 4.11. The van der Waals surface area contributed by atoms with Crippen molar-refractivity contribution in [2.45, 2.75) is 0 Å². The first-order chi connectivity index (χ1) is 10.1. The summed E-state index contributed by atoms with van der Waals surface area (Å²) in [6, 6.07) is 11.0. The average molecular weight is 307 g/mol. The van der Waals surface area contributed by atoms with E-state index in [9.17, 15) is 9.18 Å². The number of esters is 1. The summed E-state index contributed by atoms with van der Waals surface area (Å²) in [6.45, 7) is 0. The highest BCUT2D eigenvalue weighted by molar-refractivity contribution is 6.30. The van der Waals surface area contributed by atoms with E-state index in [2.05, 4.69) is 0 Å². The van der Waals surface area contributed by atoms with Crippen molar-refractivity contribution in [2.75, 3.05) is 7.11 Å². The predicted molar refractivity (Wildman–Crippen MR) is 79.1 cm³/mol. The van der Waals surface area contributed by atoms with Crippen molar-refractivity contribution in [1.82, 2.24) is 0 Å². The zero-order valence-corrected chi connectivity index (χ0v) is 11.9. The minimum Gasteiger partial charge on any atom is -0.493 e. The van der Waals surface area contributed by atoms with Crippen LogP contribution in [0.4, 0.5) is 4.39 Å². The summed E-state index contributed by atoms with van der Waals surface area (Å²) in [6.07, 6.45) is 2.72. The fraction of sp³-hybridized carbons (Fsp3) is 0.0625. The lowest BCUT2D eigenvalue weighted by atomic mass is 10.2.